The lowest BCUT2D eigenvalue weighted by Gasteiger charge is -2.09. The fourth-order valence-electron chi connectivity index (χ4n) is 2.98. The number of rotatable bonds is 7. The van der Waals surface area contributed by atoms with Gasteiger partial charge in [0.25, 0.3) is 5.56 Å². The first-order chi connectivity index (χ1) is 13.0. The summed E-state index contributed by atoms with van der Waals surface area (Å²) in [5, 5.41) is 4.60. The third kappa shape index (κ3) is 4.13. The molecule has 0 aliphatic heterocycles. The molecule has 0 atom stereocenters. The predicted octanol–water partition coefficient (Wildman–Crippen LogP) is 2.17. The van der Waals surface area contributed by atoms with Crippen LogP contribution >= 0.6 is 0 Å². The summed E-state index contributed by atoms with van der Waals surface area (Å²) < 4.78 is 3.63. The first kappa shape index (κ1) is 18.6. The fourth-order valence-corrected chi connectivity index (χ4v) is 2.98. The molecule has 2 heterocycles. The van der Waals surface area contributed by atoms with Gasteiger partial charge in [-0.15, -0.1) is 0 Å². The van der Waals surface area contributed by atoms with E-state index < -0.39 is 5.91 Å². The van der Waals surface area contributed by atoms with Crippen LogP contribution in [0.2, 0.25) is 0 Å². The van der Waals surface area contributed by atoms with Gasteiger partial charge in [-0.05, 0) is 31.5 Å². The van der Waals surface area contributed by atoms with Gasteiger partial charge in [-0.1, -0.05) is 25.1 Å². The van der Waals surface area contributed by atoms with Crippen molar-refractivity contribution >= 4 is 5.91 Å². The van der Waals surface area contributed by atoms with Gasteiger partial charge in [-0.25, -0.2) is 9.67 Å². The highest BCUT2D eigenvalue weighted by Gasteiger charge is 2.12. The Morgan fingerprint density at radius 3 is 2.48 bits per heavy atom. The van der Waals surface area contributed by atoms with Gasteiger partial charge >= 0.3 is 0 Å². The molecule has 0 saturated carbocycles. The highest BCUT2D eigenvalue weighted by molar-refractivity contribution is 5.93. The average Bonchev–Trinajstić information content (AvgIpc) is 3.05. The maximum absolute atomic E-state index is 12.1. The smallest absolute Gasteiger partial charge is 0.250 e. The minimum absolute atomic E-state index is 0.0150. The lowest BCUT2D eigenvalue weighted by atomic mass is 10.1. The Balaban J connectivity index is 1.87. The van der Waals surface area contributed by atoms with E-state index in [9.17, 15) is 9.59 Å². The number of primary amides is 1. The van der Waals surface area contributed by atoms with Gasteiger partial charge in [-0.2, -0.15) is 5.10 Å². The number of aryl methyl sites for hydroxylation is 3. The molecule has 2 aromatic heterocycles. The summed E-state index contributed by atoms with van der Waals surface area (Å²) in [5.74, 6) is 0.975. The third-order valence-corrected chi connectivity index (χ3v) is 4.44. The Morgan fingerprint density at radius 2 is 1.85 bits per heavy atom. The zero-order valence-corrected chi connectivity index (χ0v) is 15.6. The third-order valence-electron chi connectivity index (χ3n) is 4.44. The molecule has 7 nitrogen and oxygen atoms in total. The lowest BCUT2D eigenvalue weighted by Crippen LogP contribution is -2.22. The van der Waals surface area contributed by atoms with Crippen LogP contribution in [-0.2, 0) is 19.5 Å². The maximum atomic E-state index is 12.1. The normalized spacial score (nSPS) is 10.9. The standard InChI is InChI=1S/C20H23N5O2/c1-3-12-25-17(11-13-24-14(2)5-4-6-18(24)26)22-20(23-25)16-9-7-15(8-10-16)19(21)27/h4-10H,3,11-13H2,1-2H3,(H2,21,27). The predicted molar refractivity (Wildman–Crippen MR) is 103 cm³/mol. The molecular weight excluding hydrogens is 342 g/mol. The Hall–Kier alpha value is -3.22. The number of nitrogens with two attached hydrogens (primary N) is 1. The summed E-state index contributed by atoms with van der Waals surface area (Å²) in [6.07, 6.45) is 1.54. The number of hydrogen-bond donors (Lipinski definition) is 1. The van der Waals surface area contributed by atoms with Crippen LogP contribution in [0.25, 0.3) is 11.4 Å². The topological polar surface area (TPSA) is 95.8 Å². The van der Waals surface area contributed by atoms with Crippen molar-refractivity contribution in [1.29, 1.82) is 0 Å². The molecule has 27 heavy (non-hydrogen) atoms. The number of carbonyl (C=O) groups excluding carboxylic acids is 1. The van der Waals surface area contributed by atoms with Gasteiger partial charge in [0.1, 0.15) is 5.82 Å². The quantitative estimate of drug-likeness (QED) is 0.694. The largest absolute Gasteiger partial charge is 0.366 e. The van der Waals surface area contributed by atoms with E-state index in [1.54, 1.807) is 41.0 Å². The van der Waals surface area contributed by atoms with Crippen LogP contribution in [0.5, 0.6) is 0 Å². The highest BCUT2D eigenvalue weighted by atomic mass is 16.1. The van der Waals surface area contributed by atoms with Crippen molar-refractivity contribution < 1.29 is 4.79 Å². The Kier molecular flexibility index (Phi) is 5.49. The highest BCUT2D eigenvalue weighted by Crippen LogP contribution is 2.17. The van der Waals surface area contributed by atoms with Crippen molar-refractivity contribution in [2.45, 2.75) is 39.8 Å². The Labute approximate surface area is 157 Å². The second-order valence-corrected chi connectivity index (χ2v) is 6.42. The minimum atomic E-state index is -0.463. The summed E-state index contributed by atoms with van der Waals surface area (Å²) in [6, 6.07) is 12.2. The number of amides is 1. The van der Waals surface area contributed by atoms with Gasteiger partial charge < -0.3 is 10.3 Å². The first-order valence-corrected chi connectivity index (χ1v) is 9.00. The summed E-state index contributed by atoms with van der Waals surface area (Å²) in [4.78, 5) is 28.0. The number of nitrogens with zero attached hydrogens (tertiary/aromatic N) is 4. The molecule has 7 heteroatoms. The van der Waals surface area contributed by atoms with Crippen molar-refractivity contribution in [1.82, 2.24) is 19.3 Å². The number of hydrogen-bond acceptors (Lipinski definition) is 4. The molecule has 0 unspecified atom stereocenters. The van der Waals surface area contributed by atoms with Crippen LogP contribution in [0.1, 0.15) is 35.2 Å². The summed E-state index contributed by atoms with van der Waals surface area (Å²) in [7, 11) is 0. The SMILES string of the molecule is CCCn1nc(-c2ccc(C(N)=O)cc2)nc1CCn1c(C)cccc1=O. The zero-order chi connectivity index (χ0) is 19.4. The number of benzene rings is 1. The fraction of sp³-hybridized carbons (Fsp3) is 0.300. The summed E-state index contributed by atoms with van der Waals surface area (Å²) >= 11 is 0. The Morgan fingerprint density at radius 1 is 1.11 bits per heavy atom. The van der Waals surface area contributed by atoms with Crippen molar-refractivity contribution in [3.63, 3.8) is 0 Å². The molecule has 3 aromatic rings. The van der Waals surface area contributed by atoms with Gasteiger partial charge in [0.15, 0.2) is 5.82 Å². The minimum Gasteiger partial charge on any atom is -0.366 e. The van der Waals surface area contributed by atoms with Gasteiger partial charge in [0.05, 0.1) is 0 Å². The molecule has 1 aromatic carbocycles. The van der Waals surface area contributed by atoms with E-state index in [-0.39, 0.29) is 5.56 Å². The molecule has 0 fully saturated rings. The maximum Gasteiger partial charge on any atom is 0.250 e. The van der Waals surface area contributed by atoms with Crippen molar-refractivity contribution in [3.05, 3.63) is 69.9 Å². The molecule has 0 spiro atoms. The molecule has 0 aliphatic rings. The van der Waals surface area contributed by atoms with Crippen LogP contribution in [0.3, 0.4) is 0 Å². The first-order valence-electron chi connectivity index (χ1n) is 9.00. The Bertz CT molecular complexity index is 1000. The van der Waals surface area contributed by atoms with E-state index in [0.29, 0.717) is 24.4 Å². The van der Waals surface area contributed by atoms with E-state index >= 15 is 0 Å². The van der Waals surface area contributed by atoms with Crippen molar-refractivity contribution in [2.75, 3.05) is 0 Å². The van der Waals surface area contributed by atoms with Crippen LogP contribution in [-0.4, -0.2) is 25.2 Å². The van der Waals surface area contributed by atoms with E-state index in [1.165, 1.54) is 0 Å². The zero-order valence-electron chi connectivity index (χ0n) is 15.6. The van der Waals surface area contributed by atoms with Crippen molar-refractivity contribution in [3.8, 4) is 11.4 Å². The van der Waals surface area contributed by atoms with Crippen LogP contribution in [0.4, 0.5) is 0 Å². The van der Waals surface area contributed by atoms with Gasteiger partial charge in [-0.3, -0.25) is 9.59 Å². The molecule has 2 N–H and O–H groups in total. The molecule has 3 rings (SSSR count). The molecule has 0 bridgehead atoms. The monoisotopic (exact) mass is 365 g/mol. The van der Waals surface area contributed by atoms with E-state index in [1.807, 2.05) is 17.7 Å². The molecule has 0 radical (unpaired) electrons. The molecule has 0 aliphatic carbocycles. The van der Waals surface area contributed by atoms with E-state index in [4.69, 9.17) is 5.73 Å². The molecule has 1 amide bonds. The van der Waals surface area contributed by atoms with Crippen LogP contribution in [0.15, 0.2) is 47.3 Å². The van der Waals surface area contributed by atoms with Crippen LogP contribution in [0, 0.1) is 6.92 Å². The van der Waals surface area contributed by atoms with Gasteiger partial charge in [0, 0.05) is 42.4 Å². The number of carbonyl (C=O) groups is 1. The second-order valence-electron chi connectivity index (χ2n) is 6.42. The second kappa shape index (κ2) is 7.99. The van der Waals surface area contributed by atoms with E-state index in [2.05, 4.69) is 17.0 Å². The molecule has 140 valence electrons. The van der Waals surface area contributed by atoms with Gasteiger partial charge in [0.2, 0.25) is 5.91 Å². The summed E-state index contributed by atoms with van der Waals surface area (Å²) in [5.41, 5.74) is 7.47. The van der Waals surface area contributed by atoms with Crippen LogP contribution < -0.4 is 11.3 Å². The van der Waals surface area contributed by atoms with E-state index in [0.717, 1.165) is 30.0 Å². The number of aromatic nitrogens is 4. The molecular formula is C20H23N5O2. The number of pyridine rings is 1. The lowest BCUT2D eigenvalue weighted by molar-refractivity contribution is 0.100. The molecule has 0 saturated heterocycles. The summed E-state index contributed by atoms with van der Waals surface area (Å²) in [6.45, 7) is 5.31. The average molecular weight is 365 g/mol. The van der Waals surface area contributed by atoms with Crippen molar-refractivity contribution in [2.24, 2.45) is 5.73 Å².